The number of hydrogen-bond acceptors (Lipinski definition) is 5. The van der Waals surface area contributed by atoms with E-state index in [4.69, 9.17) is 18.9 Å². The Bertz CT molecular complexity index is 793. The normalized spacial score (nSPS) is 11.0. The molecule has 5 heteroatoms. The average molecular weight is 342 g/mol. The molecule has 0 N–H and O–H groups in total. The van der Waals surface area contributed by atoms with Crippen molar-refractivity contribution in [1.29, 1.82) is 0 Å². The number of rotatable bonds is 7. The minimum Gasteiger partial charge on any atom is -0.493 e. The van der Waals surface area contributed by atoms with Gasteiger partial charge in [0.15, 0.2) is 28.8 Å². The number of ketones is 1. The van der Waals surface area contributed by atoms with Crippen molar-refractivity contribution in [3.8, 4) is 23.0 Å². The summed E-state index contributed by atoms with van der Waals surface area (Å²) in [6.45, 7) is 1.87. The molecule has 0 aliphatic rings. The third-order valence-electron chi connectivity index (χ3n) is 3.85. The fourth-order valence-electron chi connectivity index (χ4n) is 2.43. The Morgan fingerprint density at radius 1 is 0.720 bits per heavy atom. The first-order valence-electron chi connectivity index (χ1n) is 7.71. The van der Waals surface area contributed by atoms with Crippen molar-refractivity contribution >= 4 is 11.4 Å². The fourth-order valence-corrected chi connectivity index (χ4v) is 2.43. The lowest BCUT2D eigenvalue weighted by molar-refractivity contribution is 0.104. The summed E-state index contributed by atoms with van der Waals surface area (Å²) in [4.78, 5) is 12.5. The van der Waals surface area contributed by atoms with Crippen molar-refractivity contribution < 1.29 is 23.7 Å². The Balaban J connectivity index is 2.31. The van der Waals surface area contributed by atoms with E-state index in [1.54, 1.807) is 45.6 Å². The van der Waals surface area contributed by atoms with Gasteiger partial charge in [0.1, 0.15) is 0 Å². The maximum Gasteiger partial charge on any atom is 0.186 e. The van der Waals surface area contributed by atoms with E-state index >= 15 is 0 Å². The maximum absolute atomic E-state index is 12.5. The standard InChI is InChI=1S/C20H22O5/c1-13(14-6-8-17(22-2)19(11-14)24-4)10-16(21)15-7-9-18(23-3)20(12-15)25-5/h6-12H,1-5H3. The van der Waals surface area contributed by atoms with Crippen LogP contribution in [0.25, 0.3) is 5.57 Å². The van der Waals surface area contributed by atoms with Gasteiger partial charge in [-0.1, -0.05) is 6.07 Å². The topological polar surface area (TPSA) is 54.0 Å². The van der Waals surface area contributed by atoms with Crippen LogP contribution in [0.15, 0.2) is 42.5 Å². The monoisotopic (exact) mass is 342 g/mol. The van der Waals surface area contributed by atoms with Gasteiger partial charge in [-0.25, -0.2) is 0 Å². The van der Waals surface area contributed by atoms with Crippen molar-refractivity contribution in [3.05, 3.63) is 53.6 Å². The molecule has 0 atom stereocenters. The van der Waals surface area contributed by atoms with E-state index < -0.39 is 0 Å². The van der Waals surface area contributed by atoms with Crippen molar-refractivity contribution in [3.63, 3.8) is 0 Å². The Morgan fingerprint density at radius 2 is 1.16 bits per heavy atom. The quantitative estimate of drug-likeness (QED) is 0.562. The lowest BCUT2D eigenvalue weighted by Crippen LogP contribution is -1.99. The largest absolute Gasteiger partial charge is 0.493 e. The minimum absolute atomic E-state index is 0.117. The summed E-state index contributed by atoms with van der Waals surface area (Å²) in [7, 11) is 6.26. The number of methoxy groups -OCH3 is 4. The van der Waals surface area contributed by atoms with Crippen LogP contribution in [0.1, 0.15) is 22.8 Å². The number of carbonyl (C=O) groups excluding carboxylic acids is 1. The molecule has 0 amide bonds. The van der Waals surface area contributed by atoms with Crippen LogP contribution in [0.2, 0.25) is 0 Å². The second-order valence-corrected chi connectivity index (χ2v) is 5.33. The van der Waals surface area contributed by atoms with Gasteiger partial charge in [-0.15, -0.1) is 0 Å². The third kappa shape index (κ3) is 4.12. The van der Waals surface area contributed by atoms with E-state index in [9.17, 15) is 4.79 Å². The first-order chi connectivity index (χ1) is 12.0. The molecule has 0 saturated heterocycles. The summed E-state index contributed by atoms with van der Waals surface area (Å²) in [5.41, 5.74) is 2.23. The summed E-state index contributed by atoms with van der Waals surface area (Å²) >= 11 is 0. The number of benzene rings is 2. The van der Waals surface area contributed by atoms with Crippen molar-refractivity contribution in [2.45, 2.75) is 6.92 Å². The number of allylic oxidation sites excluding steroid dienone is 2. The predicted octanol–water partition coefficient (Wildman–Crippen LogP) is 4.01. The zero-order valence-corrected chi connectivity index (χ0v) is 15.1. The lowest BCUT2D eigenvalue weighted by Gasteiger charge is -2.10. The van der Waals surface area contributed by atoms with Crippen LogP contribution in [-0.4, -0.2) is 34.2 Å². The molecule has 0 saturated carbocycles. The Morgan fingerprint density at radius 3 is 1.64 bits per heavy atom. The van der Waals surface area contributed by atoms with E-state index in [2.05, 4.69) is 0 Å². The van der Waals surface area contributed by atoms with Crippen LogP contribution in [-0.2, 0) is 0 Å². The Hall–Kier alpha value is -2.95. The molecule has 0 unspecified atom stereocenters. The van der Waals surface area contributed by atoms with Crippen LogP contribution >= 0.6 is 0 Å². The number of hydrogen-bond donors (Lipinski definition) is 0. The smallest absolute Gasteiger partial charge is 0.186 e. The van der Waals surface area contributed by atoms with Gasteiger partial charge in [-0.3, -0.25) is 4.79 Å². The van der Waals surface area contributed by atoms with Crippen LogP contribution < -0.4 is 18.9 Å². The van der Waals surface area contributed by atoms with Crippen LogP contribution in [0.4, 0.5) is 0 Å². The molecule has 0 aromatic heterocycles. The highest BCUT2D eigenvalue weighted by molar-refractivity contribution is 6.08. The number of carbonyl (C=O) groups is 1. The van der Waals surface area contributed by atoms with Gasteiger partial charge in [-0.2, -0.15) is 0 Å². The zero-order valence-electron chi connectivity index (χ0n) is 15.1. The van der Waals surface area contributed by atoms with E-state index in [1.165, 1.54) is 7.11 Å². The second-order valence-electron chi connectivity index (χ2n) is 5.33. The van der Waals surface area contributed by atoms with E-state index in [-0.39, 0.29) is 5.78 Å². The average Bonchev–Trinajstić information content (AvgIpc) is 2.66. The first-order valence-corrected chi connectivity index (χ1v) is 7.71. The van der Waals surface area contributed by atoms with Gasteiger partial charge in [-0.05, 0) is 54.5 Å². The molecule has 0 spiro atoms. The van der Waals surface area contributed by atoms with Crippen LogP contribution in [0, 0.1) is 0 Å². The van der Waals surface area contributed by atoms with E-state index in [0.717, 1.165) is 11.1 Å². The Labute approximate surface area is 147 Å². The van der Waals surface area contributed by atoms with Crippen LogP contribution in [0.3, 0.4) is 0 Å². The van der Waals surface area contributed by atoms with Gasteiger partial charge >= 0.3 is 0 Å². The molecule has 5 nitrogen and oxygen atoms in total. The summed E-state index contributed by atoms with van der Waals surface area (Å²) in [6.07, 6.45) is 1.59. The van der Waals surface area contributed by atoms with Gasteiger partial charge in [0.25, 0.3) is 0 Å². The van der Waals surface area contributed by atoms with Gasteiger partial charge in [0, 0.05) is 5.56 Å². The van der Waals surface area contributed by atoms with E-state index in [1.807, 2.05) is 25.1 Å². The molecule has 0 aliphatic heterocycles. The molecule has 132 valence electrons. The predicted molar refractivity (Wildman–Crippen MR) is 97.1 cm³/mol. The van der Waals surface area contributed by atoms with E-state index in [0.29, 0.717) is 28.6 Å². The fraction of sp³-hybridized carbons (Fsp3) is 0.250. The maximum atomic E-state index is 12.5. The SMILES string of the molecule is COc1ccc(C(=O)C=C(C)c2ccc(OC)c(OC)c2)cc1OC. The second kappa shape index (κ2) is 8.24. The highest BCUT2D eigenvalue weighted by Crippen LogP contribution is 2.31. The third-order valence-corrected chi connectivity index (χ3v) is 3.85. The molecule has 2 aromatic rings. The molecular formula is C20H22O5. The molecular weight excluding hydrogens is 320 g/mol. The van der Waals surface area contributed by atoms with Gasteiger partial charge in [0.05, 0.1) is 28.4 Å². The van der Waals surface area contributed by atoms with Crippen molar-refractivity contribution in [1.82, 2.24) is 0 Å². The minimum atomic E-state index is -0.117. The van der Waals surface area contributed by atoms with Crippen LogP contribution in [0.5, 0.6) is 23.0 Å². The molecule has 0 bridgehead atoms. The summed E-state index contributed by atoms with van der Waals surface area (Å²) < 4.78 is 21.0. The zero-order chi connectivity index (χ0) is 18.4. The number of ether oxygens (including phenoxy) is 4. The van der Waals surface area contributed by atoms with Crippen molar-refractivity contribution in [2.75, 3.05) is 28.4 Å². The summed E-state index contributed by atoms with van der Waals surface area (Å²) in [5.74, 6) is 2.25. The van der Waals surface area contributed by atoms with Gasteiger partial charge in [0.2, 0.25) is 0 Å². The highest BCUT2D eigenvalue weighted by atomic mass is 16.5. The van der Waals surface area contributed by atoms with Crippen molar-refractivity contribution in [2.24, 2.45) is 0 Å². The molecule has 0 fully saturated rings. The molecule has 0 radical (unpaired) electrons. The Kier molecular flexibility index (Phi) is 6.06. The molecule has 2 aromatic carbocycles. The lowest BCUT2D eigenvalue weighted by atomic mass is 10.0. The molecule has 0 aliphatic carbocycles. The summed E-state index contributed by atoms with van der Waals surface area (Å²) in [6, 6.07) is 10.6. The molecule has 25 heavy (non-hydrogen) atoms. The van der Waals surface area contributed by atoms with Gasteiger partial charge < -0.3 is 18.9 Å². The highest BCUT2D eigenvalue weighted by Gasteiger charge is 2.11. The summed E-state index contributed by atoms with van der Waals surface area (Å²) in [5, 5.41) is 0. The molecule has 2 rings (SSSR count). The first kappa shape index (κ1) is 18.4. The molecule has 0 heterocycles.